The maximum Gasteiger partial charge on any atom is 0.220 e. The van der Waals surface area contributed by atoms with E-state index < -0.39 is 0 Å². The van der Waals surface area contributed by atoms with E-state index in [0.717, 1.165) is 0 Å². The van der Waals surface area contributed by atoms with Gasteiger partial charge in [0, 0.05) is 18.8 Å². The molecule has 0 bridgehead atoms. The zero-order valence-electron chi connectivity index (χ0n) is 9.23. The first-order chi connectivity index (χ1) is 6.45. The lowest BCUT2D eigenvalue weighted by atomic mass is 9.92. The van der Waals surface area contributed by atoms with Gasteiger partial charge in [0.1, 0.15) is 0 Å². The van der Waals surface area contributed by atoms with Crippen molar-refractivity contribution in [3.8, 4) is 0 Å². The van der Waals surface area contributed by atoms with Crippen molar-refractivity contribution in [3.63, 3.8) is 0 Å². The second kappa shape index (κ2) is 7.07. The van der Waals surface area contributed by atoms with Crippen LogP contribution in [0.1, 0.15) is 27.2 Å². The molecule has 0 unspecified atom stereocenters. The number of rotatable bonds is 6. The monoisotopic (exact) mass is 221 g/mol. The van der Waals surface area contributed by atoms with Crippen molar-refractivity contribution >= 4 is 17.5 Å². The summed E-state index contributed by atoms with van der Waals surface area (Å²) in [6, 6.07) is 0. The molecule has 4 heteroatoms. The largest absolute Gasteiger partial charge is 0.378 e. The minimum absolute atomic E-state index is 0.0427. The molecule has 0 aromatic carbocycles. The van der Waals surface area contributed by atoms with Gasteiger partial charge < -0.3 is 10.1 Å². The highest BCUT2D eigenvalue weighted by molar-refractivity contribution is 6.17. The van der Waals surface area contributed by atoms with Crippen LogP contribution in [0.25, 0.3) is 0 Å². The summed E-state index contributed by atoms with van der Waals surface area (Å²) in [4.78, 5) is 11.3. The molecule has 1 N–H and O–H groups in total. The van der Waals surface area contributed by atoms with E-state index in [-0.39, 0.29) is 11.3 Å². The third-order valence-electron chi connectivity index (χ3n) is 1.48. The molecule has 0 atom stereocenters. The SMILES string of the molecule is CC(C)(C)CC(=O)NCCOCCCl. The summed E-state index contributed by atoms with van der Waals surface area (Å²) in [6.07, 6.45) is 0.544. The first-order valence-electron chi connectivity index (χ1n) is 4.86. The Balaban J connectivity index is 3.36. The highest BCUT2D eigenvalue weighted by Crippen LogP contribution is 2.17. The molecule has 0 rings (SSSR count). The Hall–Kier alpha value is -0.280. The molecule has 0 aromatic rings. The smallest absolute Gasteiger partial charge is 0.220 e. The van der Waals surface area contributed by atoms with Crippen LogP contribution in [0, 0.1) is 5.41 Å². The van der Waals surface area contributed by atoms with Gasteiger partial charge in [-0.15, -0.1) is 11.6 Å². The fourth-order valence-electron chi connectivity index (χ4n) is 0.963. The van der Waals surface area contributed by atoms with E-state index in [1.165, 1.54) is 0 Å². The Morgan fingerprint density at radius 3 is 2.50 bits per heavy atom. The molecule has 0 saturated carbocycles. The van der Waals surface area contributed by atoms with E-state index in [9.17, 15) is 4.79 Å². The minimum atomic E-state index is 0.0427. The highest BCUT2D eigenvalue weighted by Gasteiger charge is 2.14. The van der Waals surface area contributed by atoms with Crippen LogP contribution in [0.4, 0.5) is 0 Å². The predicted molar refractivity (Wildman–Crippen MR) is 58.6 cm³/mol. The van der Waals surface area contributed by atoms with Crippen molar-refractivity contribution in [2.24, 2.45) is 5.41 Å². The standard InChI is InChI=1S/C10H20ClNO2/c1-10(2,3)8-9(13)12-5-7-14-6-4-11/h4-8H2,1-3H3,(H,12,13). The molecule has 0 radical (unpaired) electrons. The third kappa shape index (κ3) is 9.81. The lowest BCUT2D eigenvalue weighted by Crippen LogP contribution is -2.30. The fourth-order valence-corrected chi connectivity index (χ4v) is 1.07. The van der Waals surface area contributed by atoms with Gasteiger partial charge in [-0.05, 0) is 5.41 Å². The van der Waals surface area contributed by atoms with Gasteiger partial charge in [0.05, 0.1) is 13.2 Å². The quantitative estimate of drug-likeness (QED) is 0.549. The van der Waals surface area contributed by atoms with Gasteiger partial charge in [0.25, 0.3) is 0 Å². The molecule has 1 amide bonds. The third-order valence-corrected chi connectivity index (χ3v) is 1.64. The van der Waals surface area contributed by atoms with Gasteiger partial charge in [0.2, 0.25) is 5.91 Å². The average Bonchev–Trinajstić information content (AvgIpc) is 2.00. The summed E-state index contributed by atoms with van der Waals surface area (Å²) in [5.41, 5.74) is 0.0427. The van der Waals surface area contributed by atoms with Crippen molar-refractivity contribution in [1.82, 2.24) is 5.32 Å². The molecule has 0 saturated heterocycles. The van der Waals surface area contributed by atoms with Crippen molar-refractivity contribution in [2.75, 3.05) is 25.6 Å². The van der Waals surface area contributed by atoms with E-state index in [1.54, 1.807) is 0 Å². The number of amides is 1. The topological polar surface area (TPSA) is 38.3 Å². The number of carbonyl (C=O) groups is 1. The molecule has 14 heavy (non-hydrogen) atoms. The van der Waals surface area contributed by atoms with Crippen molar-refractivity contribution in [2.45, 2.75) is 27.2 Å². The summed E-state index contributed by atoms with van der Waals surface area (Å²) < 4.78 is 5.12. The van der Waals surface area contributed by atoms with Gasteiger partial charge in [0.15, 0.2) is 0 Å². The van der Waals surface area contributed by atoms with Crippen LogP contribution < -0.4 is 5.32 Å². The Morgan fingerprint density at radius 2 is 2.00 bits per heavy atom. The molecular formula is C10H20ClNO2. The zero-order valence-corrected chi connectivity index (χ0v) is 9.99. The number of carbonyl (C=O) groups excluding carboxylic acids is 1. The molecule has 0 aliphatic rings. The summed E-state index contributed by atoms with van der Waals surface area (Å²) >= 11 is 5.42. The van der Waals surface area contributed by atoms with E-state index in [0.29, 0.717) is 32.1 Å². The average molecular weight is 222 g/mol. The normalized spacial score (nSPS) is 11.4. The van der Waals surface area contributed by atoms with Crippen molar-refractivity contribution < 1.29 is 9.53 Å². The number of hydrogen-bond donors (Lipinski definition) is 1. The van der Waals surface area contributed by atoms with Crippen LogP contribution in [0.15, 0.2) is 0 Å². The lowest BCUT2D eigenvalue weighted by molar-refractivity contribution is -0.123. The number of ether oxygens (including phenoxy) is 1. The van der Waals surface area contributed by atoms with Crippen LogP contribution in [0.2, 0.25) is 0 Å². The predicted octanol–water partition coefficient (Wildman–Crippen LogP) is 1.79. The lowest BCUT2D eigenvalue weighted by Gasteiger charge is -2.17. The van der Waals surface area contributed by atoms with Crippen LogP contribution in [0.5, 0.6) is 0 Å². The van der Waals surface area contributed by atoms with Gasteiger partial charge in [-0.1, -0.05) is 20.8 Å². The second-order valence-electron chi connectivity index (χ2n) is 4.39. The second-order valence-corrected chi connectivity index (χ2v) is 4.77. The van der Waals surface area contributed by atoms with Crippen LogP contribution in [-0.2, 0) is 9.53 Å². The maximum absolute atomic E-state index is 11.3. The van der Waals surface area contributed by atoms with E-state index in [2.05, 4.69) is 5.32 Å². The Bertz CT molecular complexity index is 166. The van der Waals surface area contributed by atoms with Crippen LogP contribution >= 0.6 is 11.6 Å². The molecule has 0 aliphatic carbocycles. The summed E-state index contributed by atoms with van der Waals surface area (Å²) in [6.45, 7) is 7.74. The first kappa shape index (κ1) is 13.7. The van der Waals surface area contributed by atoms with Gasteiger partial charge in [-0.3, -0.25) is 4.79 Å². The minimum Gasteiger partial charge on any atom is -0.378 e. The molecule has 84 valence electrons. The molecule has 3 nitrogen and oxygen atoms in total. The van der Waals surface area contributed by atoms with E-state index in [4.69, 9.17) is 16.3 Å². The number of halogens is 1. The summed E-state index contributed by atoms with van der Waals surface area (Å²) in [5, 5.41) is 2.79. The molecule has 0 heterocycles. The molecule has 0 aromatic heterocycles. The van der Waals surface area contributed by atoms with Gasteiger partial charge in [-0.25, -0.2) is 0 Å². The van der Waals surface area contributed by atoms with E-state index >= 15 is 0 Å². The Labute approximate surface area is 91.2 Å². The Morgan fingerprint density at radius 1 is 1.36 bits per heavy atom. The van der Waals surface area contributed by atoms with Crippen molar-refractivity contribution in [1.29, 1.82) is 0 Å². The number of alkyl halides is 1. The highest BCUT2D eigenvalue weighted by atomic mass is 35.5. The summed E-state index contributed by atoms with van der Waals surface area (Å²) in [5.74, 6) is 0.572. The molecule has 0 spiro atoms. The summed E-state index contributed by atoms with van der Waals surface area (Å²) in [7, 11) is 0. The van der Waals surface area contributed by atoms with E-state index in [1.807, 2.05) is 20.8 Å². The van der Waals surface area contributed by atoms with Crippen LogP contribution in [0.3, 0.4) is 0 Å². The molecular weight excluding hydrogens is 202 g/mol. The zero-order chi connectivity index (χ0) is 11.0. The van der Waals surface area contributed by atoms with Gasteiger partial charge in [-0.2, -0.15) is 0 Å². The van der Waals surface area contributed by atoms with Gasteiger partial charge >= 0.3 is 0 Å². The molecule has 0 fully saturated rings. The molecule has 0 aliphatic heterocycles. The maximum atomic E-state index is 11.3. The number of nitrogens with one attached hydrogen (secondary N) is 1. The van der Waals surface area contributed by atoms with Crippen LogP contribution in [-0.4, -0.2) is 31.5 Å². The van der Waals surface area contributed by atoms with Crippen molar-refractivity contribution in [3.05, 3.63) is 0 Å². The fraction of sp³-hybridized carbons (Fsp3) is 0.900. The first-order valence-corrected chi connectivity index (χ1v) is 5.39. The Kier molecular flexibility index (Phi) is 6.93. The number of hydrogen-bond acceptors (Lipinski definition) is 2.